The molecule has 1 aromatic heterocycles. The van der Waals surface area contributed by atoms with E-state index in [0.717, 1.165) is 13.0 Å². The van der Waals surface area contributed by atoms with Gasteiger partial charge in [-0.25, -0.2) is 4.98 Å². The van der Waals surface area contributed by atoms with Gasteiger partial charge in [0.05, 0.1) is 12.2 Å². The predicted octanol–water partition coefficient (Wildman–Crippen LogP) is 2.09. The summed E-state index contributed by atoms with van der Waals surface area (Å²) in [6, 6.07) is 3.48. The maximum Gasteiger partial charge on any atom is 0.252 e. The number of hydrogen-bond acceptors (Lipinski definition) is 4. The molecule has 0 aromatic carbocycles. The number of ether oxygens (including phenoxy) is 1. The molecular formula is C16H25N3O2. The average Bonchev–Trinajstić information content (AvgIpc) is 2.53. The molecule has 1 fully saturated rings. The molecule has 2 rings (SSSR count). The van der Waals surface area contributed by atoms with Crippen LogP contribution in [0.25, 0.3) is 0 Å². The van der Waals surface area contributed by atoms with Crippen molar-refractivity contribution in [2.45, 2.75) is 32.6 Å². The molecule has 21 heavy (non-hydrogen) atoms. The van der Waals surface area contributed by atoms with E-state index in [-0.39, 0.29) is 5.91 Å². The van der Waals surface area contributed by atoms with Gasteiger partial charge < -0.3 is 15.0 Å². The number of carbonyl (C=O) groups is 1. The van der Waals surface area contributed by atoms with Gasteiger partial charge in [0.15, 0.2) is 0 Å². The van der Waals surface area contributed by atoms with E-state index in [1.54, 1.807) is 18.3 Å². The van der Waals surface area contributed by atoms with E-state index >= 15 is 0 Å². The Kier molecular flexibility index (Phi) is 6.47. The van der Waals surface area contributed by atoms with Crippen molar-refractivity contribution in [3.05, 3.63) is 23.9 Å². The normalized spacial score (nSPS) is 15.7. The SMILES string of the molecule is CCOc1ccc(C(=O)NCCCN2CCCCC2)cn1. The van der Waals surface area contributed by atoms with Crippen LogP contribution >= 0.6 is 0 Å². The molecule has 1 N–H and O–H groups in total. The molecule has 1 saturated heterocycles. The fourth-order valence-corrected chi connectivity index (χ4v) is 2.54. The summed E-state index contributed by atoms with van der Waals surface area (Å²) in [5.74, 6) is 0.489. The maximum absolute atomic E-state index is 12.0. The first-order valence-corrected chi connectivity index (χ1v) is 7.89. The van der Waals surface area contributed by atoms with E-state index in [1.165, 1.54) is 32.4 Å². The van der Waals surface area contributed by atoms with Crippen LogP contribution in [0.15, 0.2) is 18.3 Å². The topological polar surface area (TPSA) is 54.5 Å². The Morgan fingerprint density at radius 3 is 2.81 bits per heavy atom. The largest absolute Gasteiger partial charge is 0.478 e. The van der Waals surface area contributed by atoms with Crippen LogP contribution in [-0.2, 0) is 0 Å². The average molecular weight is 291 g/mol. The number of piperidine rings is 1. The van der Waals surface area contributed by atoms with Crippen LogP contribution in [-0.4, -0.2) is 48.6 Å². The predicted molar refractivity (Wildman–Crippen MR) is 82.6 cm³/mol. The lowest BCUT2D eigenvalue weighted by Crippen LogP contribution is -2.33. The molecule has 1 aliphatic rings. The lowest BCUT2D eigenvalue weighted by atomic mass is 10.1. The summed E-state index contributed by atoms with van der Waals surface area (Å²) in [6.07, 6.45) is 6.54. The van der Waals surface area contributed by atoms with E-state index < -0.39 is 0 Å². The van der Waals surface area contributed by atoms with Gasteiger partial charge in [-0.2, -0.15) is 0 Å². The monoisotopic (exact) mass is 291 g/mol. The third kappa shape index (κ3) is 5.34. The zero-order chi connectivity index (χ0) is 14.9. The van der Waals surface area contributed by atoms with Gasteiger partial charge >= 0.3 is 0 Å². The van der Waals surface area contributed by atoms with Gasteiger partial charge in [-0.05, 0) is 51.9 Å². The number of nitrogens with zero attached hydrogens (tertiary/aromatic N) is 2. The Morgan fingerprint density at radius 2 is 2.14 bits per heavy atom. The summed E-state index contributed by atoms with van der Waals surface area (Å²) in [7, 11) is 0. The molecule has 0 bridgehead atoms. The Bertz CT molecular complexity index is 428. The van der Waals surface area contributed by atoms with Crippen LogP contribution in [0.1, 0.15) is 43.0 Å². The Hall–Kier alpha value is -1.62. The van der Waals surface area contributed by atoms with Crippen molar-refractivity contribution in [3.63, 3.8) is 0 Å². The number of nitrogens with one attached hydrogen (secondary N) is 1. The van der Waals surface area contributed by atoms with E-state index in [9.17, 15) is 4.79 Å². The Labute approximate surface area is 126 Å². The Morgan fingerprint density at radius 1 is 1.33 bits per heavy atom. The lowest BCUT2D eigenvalue weighted by molar-refractivity contribution is 0.0950. The highest BCUT2D eigenvalue weighted by atomic mass is 16.5. The van der Waals surface area contributed by atoms with Crippen LogP contribution in [0, 0.1) is 0 Å². The van der Waals surface area contributed by atoms with Gasteiger partial charge in [-0.15, -0.1) is 0 Å². The van der Waals surface area contributed by atoms with Crippen molar-refractivity contribution in [1.29, 1.82) is 0 Å². The Balaban J connectivity index is 1.66. The van der Waals surface area contributed by atoms with Crippen molar-refractivity contribution >= 4 is 5.91 Å². The fourth-order valence-electron chi connectivity index (χ4n) is 2.54. The fraction of sp³-hybridized carbons (Fsp3) is 0.625. The van der Waals surface area contributed by atoms with E-state index in [1.807, 2.05) is 6.92 Å². The van der Waals surface area contributed by atoms with Gasteiger partial charge in [0, 0.05) is 18.8 Å². The van der Waals surface area contributed by atoms with Crippen molar-refractivity contribution in [2.24, 2.45) is 0 Å². The zero-order valence-electron chi connectivity index (χ0n) is 12.8. The molecule has 0 unspecified atom stereocenters. The molecule has 1 aliphatic heterocycles. The molecule has 116 valence electrons. The standard InChI is InChI=1S/C16H25N3O2/c1-2-21-15-8-7-14(13-18-15)16(20)17-9-6-12-19-10-4-3-5-11-19/h7-8,13H,2-6,9-12H2,1H3,(H,17,20). The molecule has 0 aliphatic carbocycles. The first-order valence-electron chi connectivity index (χ1n) is 7.89. The molecule has 5 nitrogen and oxygen atoms in total. The maximum atomic E-state index is 12.0. The second kappa shape index (κ2) is 8.62. The summed E-state index contributed by atoms with van der Waals surface area (Å²) in [5, 5.41) is 2.94. The molecule has 0 saturated carbocycles. The molecule has 1 aromatic rings. The van der Waals surface area contributed by atoms with Crippen molar-refractivity contribution in [2.75, 3.05) is 32.8 Å². The number of hydrogen-bond donors (Lipinski definition) is 1. The molecule has 0 radical (unpaired) electrons. The molecule has 1 amide bonds. The van der Waals surface area contributed by atoms with E-state index in [4.69, 9.17) is 4.74 Å². The first-order chi connectivity index (χ1) is 10.3. The quantitative estimate of drug-likeness (QED) is 0.782. The van der Waals surface area contributed by atoms with Crippen molar-refractivity contribution < 1.29 is 9.53 Å². The highest BCUT2D eigenvalue weighted by Gasteiger charge is 2.10. The number of pyridine rings is 1. The van der Waals surface area contributed by atoms with Crippen molar-refractivity contribution in [3.8, 4) is 5.88 Å². The molecule has 0 spiro atoms. The van der Waals surface area contributed by atoms with Crippen LogP contribution in [0.3, 0.4) is 0 Å². The van der Waals surface area contributed by atoms with E-state index in [0.29, 0.717) is 24.6 Å². The van der Waals surface area contributed by atoms with Gasteiger partial charge in [0.1, 0.15) is 0 Å². The minimum absolute atomic E-state index is 0.0656. The number of amides is 1. The highest BCUT2D eigenvalue weighted by molar-refractivity contribution is 5.93. The third-order valence-corrected chi connectivity index (χ3v) is 3.68. The highest BCUT2D eigenvalue weighted by Crippen LogP contribution is 2.09. The number of rotatable bonds is 7. The molecule has 2 heterocycles. The first kappa shape index (κ1) is 15.8. The smallest absolute Gasteiger partial charge is 0.252 e. The summed E-state index contributed by atoms with van der Waals surface area (Å²) < 4.78 is 5.26. The van der Waals surface area contributed by atoms with Crippen LogP contribution in [0.5, 0.6) is 5.88 Å². The summed E-state index contributed by atoms with van der Waals surface area (Å²) in [6.45, 7) is 6.68. The molecule has 5 heteroatoms. The number of aromatic nitrogens is 1. The second-order valence-electron chi connectivity index (χ2n) is 5.33. The number of likely N-dealkylation sites (tertiary alicyclic amines) is 1. The van der Waals surface area contributed by atoms with Crippen molar-refractivity contribution in [1.82, 2.24) is 15.2 Å². The van der Waals surface area contributed by atoms with Gasteiger partial charge in [0.2, 0.25) is 5.88 Å². The van der Waals surface area contributed by atoms with E-state index in [2.05, 4.69) is 15.2 Å². The summed E-state index contributed by atoms with van der Waals surface area (Å²) in [4.78, 5) is 18.5. The van der Waals surface area contributed by atoms with Crippen LogP contribution in [0.4, 0.5) is 0 Å². The van der Waals surface area contributed by atoms with Gasteiger partial charge in [-0.1, -0.05) is 6.42 Å². The minimum atomic E-state index is -0.0656. The van der Waals surface area contributed by atoms with Crippen LogP contribution < -0.4 is 10.1 Å². The van der Waals surface area contributed by atoms with Gasteiger partial charge in [-0.3, -0.25) is 4.79 Å². The third-order valence-electron chi connectivity index (χ3n) is 3.68. The number of carbonyl (C=O) groups excluding carboxylic acids is 1. The second-order valence-corrected chi connectivity index (χ2v) is 5.33. The molecular weight excluding hydrogens is 266 g/mol. The summed E-state index contributed by atoms with van der Waals surface area (Å²) >= 11 is 0. The van der Waals surface area contributed by atoms with Gasteiger partial charge in [0.25, 0.3) is 5.91 Å². The minimum Gasteiger partial charge on any atom is -0.478 e. The summed E-state index contributed by atoms with van der Waals surface area (Å²) in [5.41, 5.74) is 0.580. The van der Waals surface area contributed by atoms with Crippen LogP contribution in [0.2, 0.25) is 0 Å². The molecule has 0 atom stereocenters. The zero-order valence-corrected chi connectivity index (χ0v) is 12.8. The lowest BCUT2D eigenvalue weighted by Gasteiger charge is -2.26.